The Balaban J connectivity index is 1.95. The molecule has 0 aliphatic carbocycles. The number of nitrogens with one attached hydrogen (secondary N) is 2. The largest absolute Gasteiger partial charge is 0.467 e. The molecule has 0 saturated carbocycles. The van der Waals surface area contributed by atoms with Crippen molar-refractivity contribution in [3.8, 4) is 0 Å². The summed E-state index contributed by atoms with van der Waals surface area (Å²) in [4.78, 5) is 27.4. The van der Waals surface area contributed by atoms with Crippen molar-refractivity contribution in [2.45, 2.75) is 38.3 Å². The molecular formula is C19H26N2O4S. The predicted molar refractivity (Wildman–Crippen MR) is 104 cm³/mol. The van der Waals surface area contributed by atoms with E-state index in [1.54, 1.807) is 13.8 Å². The smallest absolute Gasteiger partial charge is 0.328 e. The topological polar surface area (TPSA) is 91.4 Å². The summed E-state index contributed by atoms with van der Waals surface area (Å²) in [5.41, 5.74) is 1.19. The highest BCUT2D eigenvalue weighted by Gasteiger charge is 2.23. The summed E-state index contributed by atoms with van der Waals surface area (Å²) in [6.07, 6.45) is 2.81. The Kier molecular flexibility index (Phi) is 7.11. The summed E-state index contributed by atoms with van der Waals surface area (Å²) in [7, 11) is 1.31. The average Bonchev–Trinajstić information content (AvgIpc) is 3.00. The maximum atomic E-state index is 12.2. The third-order valence-corrected chi connectivity index (χ3v) is 4.97. The first-order valence-corrected chi connectivity index (χ1v) is 9.68. The first-order valence-electron chi connectivity index (χ1n) is 8.52. The number of benzene rings is 1. The van der Waals surface area contributed by atoms with Gasteiger partial charge in [-0.15, -0.1) is 0 Å². The molecule has 0 bridgehead atoms. The van der Waals surface area contributed by atoms with E-state index in [4.69, 9.17) is 4.74 Å². The van der Waals surface area contributed by atoms with E-state index < -0.39 is 17.6 Å². The summed E-state index contributed by atoms with van der Waals surface area (Å²) in [5, 5.41) is 13.5. The van der Waals surface area contributed by atoms with Gasteiger partial charge >= 0.3 is 5.97 Å². The summed E-state index contributed by atoms with van der Waals surface area (Å²) in [6.45, 7) is 3.48. The van der Waals surface area contributed by atoms with Crippen LogP contribution in [0.15, 0.2) is 30.5 Å². The van der Waals surface area contributed by atoms with Gasteiger partial charge in [-0.3, -0.25) is 4.79 Å². The molecule has 142 valence electrons. The zero-order valence-corrected chi connectivity index (χ0v) is 16.2. The second-order valence-electron chi connectivity index (χ2n) is 6.82. The number of para-hydroxylation sites is 1. The number of methoxy groups -OCH3 is 1. The molecule has 2 aromatic rings. The highest BCUT2D eigenvalue weighted by atomic mass is 32.2. The van der Waals surface area contributed by atoms with E-state index in [0.29, 0.717) is 18.6 Å². The zero-order chi connectivity index (χ0) is 19.2. The Hall–Kier alpha value is -1.99. The van der Waals surface area contributed by atoms with Crippen molar-refractivity contribution in [2.75, 3.05) is 18.6 Å². The number of carbonyl (C=O) groups excluding carboxylic acids is 2. The first-order chi connectivity index (χ1) is 12.3. The van der Waals surface area contributed by atoms with Gasteiger partial charge < -0.3 is 20.1 Å². The van der Waals surface area contributed by atoms with Crippen molar-refractivity contribution in [3.05, 3.63) is 36.0 Å². The van der Waals surface area contributed by atoms with E-state index in [1.807, 2.05) is 30.5 Å². The number of carbonyl (C=O) groups is 2. The molecule has 0 radical (unpaired) electrons. The number of aromatic amines is 1. The molecule has 1 atom stereocenters. The molecule has 6 nitrogen and oxygen atoms in total. The van der Waals surface area contributed by atoms with Crippen molar-refractivity contribution in [1.29, 1.82) is 0 Å². The van der Waals surface area contributed by atoms with Crippen LogP contribution in [-0.4, -0.2) is 52.2 Å². The summed E-state index contributed by atoms with van der Waals surface area (Å²) < 4.78 is 4.84. The van der Waals surface area contributed by atoms with Gasteiger partial charge in [-0.05, 0) is 37.7 Å². The van der Waals surface area contributed by atoms with Gasteiger partial charge in [0, 0.05) is 23.5 Å². The number of H-pyrrole nitrogens is 1. The molecule has 0 aliphatic heterocycles. The lowest BCUT2D eigenvalue weighted by Gasteiger charge is -2.17. The monoisotopic (exact) mass is 378 g/mol. The molecule has 1 aromatic carbocycles. The van der Waals surface area contributed by atoms with Crippen molar-refractivity contribution in [3.63, 3.8) is 0 Å². The van der Waals surface area contributed by atoms with E-state index in [2.05, 4.69) is 10.3 Å². The Morgan fingerprint density at radius 1 is 1.35 bits per heavy atom. The lowest BCUT2D eigenvalue weighted by Crippen LogP contribution is -2.43. The molecule has 1 aromatic heterocycles. The van der Waals surface area contributed by atoms with Crippen molar-refractivity contribution in [1.82, 2.24) is 10.3 Å². The van der Waals surface area contributed by atoms with Crippen LogP contribution in [0.4, 0.5) is 0 Å². The third-order valence-electron chi connectivity index (χ3n) is 4.01. The van der Waals surface area contributed by atoms with Crippen LogP contribution >= 0.6 is 11.8 Å². The quantitative estimate of drug-likeness (QED) is 0.460. The molecule has 1 unspecified atom stereocenters. The standard InChI is InChI=1S/C19H26N2O4S/c1-19(2,24)8-9-26-12-17(22)21-16(18(23)25-3)10-13-11-20-15-7-5-4-6-14(13)15/h4-7,11,16,20,24H,8-10,12H2,1-3H3,(H,21,22). The Morgan fingerprint density at radius 3 is 2.77 bits per heavy atom. The van der Waals surface area contributed by atoms with Gasteiger partial charge in [-0.2, -0.15) is 11.8 Å². The average molecular weight is 378 g/mol. The van der Waals surface area contributed by atoms with Crippen molar-refractivity contribution in [2.24, 2.45) is 0 Å². The number of amides is 1. The molecule has 0 aliphatic rings. The van der Waals surface area contributed by atoms with Gasteiger partial charge in [0.15, 0.2) is 0 Å². The third kappa shape index (κ3) is 6.07. The van der Waals surface area contributed by atoms with Gasteiger partial charge in [0.2, 0.25) is 5.91 Å². The molecule has 1 amide bonds. The molecule has 1 heterocycles. The van der Waals surface area contributed by atoms with E-state index in [9.17, 15) is 14.7 Å². The maximum absolute atomic E-state index is 12.2. The van der Waals surface area contributed by atoms with Crippen molar-refractivity contribution < 1.29 is 19.4 Å². The number of thioether (sulfide) groups is 1. The van der Waals surface area contributed by atoms with Gasteiger partial charge in [-0.1, -0.05) is 18.2 Å². The molecule has 0 fully saturated rings. The second kappa shape index (κ2) is 9.09. The number of rotatable bonds is 9. The number of aromatic nitrogens is 1. The van der Waals surface area contributed by atoms with E-state index >= 15 is 0 Å². The van der Waals surface area contributed by atoms with Crippen LogP contribution < -0.4 is 5.32 Å². The second-order valence-corrected chi connectivity index (χ2v) is 7.93. The van der Waals surface area contributed by atoms with Gasteiger partial charge in [0.05, 0.1) is 18.5 Å². The fourth-order valence-corrected chi connectivity index (χ4v) is 3.64. The minimum atomic E-state index is -0.743. The van der Waals surface area contributed by atoms with Crippen LogP contribution in [0, 0.1) is 0 Å². The Labute approximate surface area is 157 Å². The number of aliphatic hydroxyl groups is 1. The minimum Gasteiger partial charge on any atom is -0.467 e. The lowest BCUT2D eigenvalue weighted by molar-refractivity contribution is -0.144. The Bertz CT molecular complexity index is 751. The van der Waals surface area contributed by atoms with Crippen molar-refractivity contribution >= 4 is 34.5 Å². The molecule has 0 saturated heterocycles. The highest BCUT2D eigenvalue weighted by molar-refractivity contribution is 7.99. The number of hydrogen-bond acceptors (Lipinski definition) is 5. The van der Waals surface area contributed by atoms with Gasteiger partial charge in [-0.25, -0.2) is 4.79 Å². The molecule has 7 heteroatoms. The van der Waals surface area contributed by atoms with Crippen LogP contribution in [0.1, 0.15) is 25.8 Å². The van der Waals surface area contributed by atoms with Crippen LogP contribution in [0.2, 0.25) is 0 Å². The number of esters is 1. The number of hydrogen-bond donors (Lipinski definition) is 3. The fraction of sp³-hybridized carbons (Fsp3) is 0.474. The molecule has 0 spiro atoms. The van der Waals surface area contributed by atoms with Crippen LogP contribution in [0.3, 0.4) is 0 Å². The number of ether oxygens (including phenoxy) is 1. The maximum Gasteiger partial charge on any atom is 0.328 e. The van der Waals surface area contributed by atoms with Crippen LogP contribution in [-0.2, 0) is 20.7 Å². The molecular weight excluding hydrogens is 352 g/mol. The molecule has 26 heavy (non-hydrogen) atoms. The Morgan fingerprint density at radius 2 is 2.08 bits per heavy atom. The SMILES string of the molecule is COC(=O)C(Cc1c[nH]c2ccccc12)NC(=O)CSCCC(C)(C)O. The van der Waals surface area contributed by atoms with Gasteiger partial charge in [0.1, 0.15) is 6.04 Å². The predicted octanol–water partition coefficient (Wildman–Crippen LogP) is 2.26. The summed E-state index contributed by atoms with van der Waals surface area (Å²) >= 11 is 1.43. The molecule has 2 rings (SSSR count). The normalized spacial score (nSPS) is 12.8. The first kappa shape index (κ1) is 20.3. The minimum absolute atomic E-state index is 0.221. The van der Waals surface area contributed by atoms with Crippen LogP contribution in [0.5, 0.6) is 0 Å². The summed E-state index contributed by atoms with van der Waals surface area (Å²) in [5.74, 6) is 0.214. The van der Waals surface area contributed by atoms with E-state index in [0.717, 1.165) is 16.5 Å². The van der Waals surface area contributed by atoms with E-state index in [1.165, 1.54) is 18.9 Å². The molecule has 3 N–H and O–H groups in total. The van der Waals surface area contributed by atoms with Crippen LogP contribution in [0.25, 0.3) is 10.9 Å². The zero-order valence-electron chi connectivity index (χ0n) is 15.4. The number of fused-ring (bicyclic) bond motifs is 1. The van der Waals surface area contributed by atoms with Gasteiger partial charge in [0.25, 0.3) is 0 Å². The summed E-state index contributed by atoms with van der Waals surface area (Å²) in [6, 6.07) is 7.08. The van der Waals surface area contributed by atoms with E-state index in [-0.39, 0.29) is 11.7 Å². The lowest BCUT2D eigenvalue weighted by atomic mass is 10.0. The fourth-order valence-electron chi connectivity index (χ4n) is 2.58. The highest BCUT2D eigenvalue weighted by Crippen LogP contribution is 2.19.